The van der Waals surface area contributed by atoms with E-state index in [1.807, 2.05) is 0 Å². The fraction of sp³-hybridized carbons (Fsp3) is 0.500. The summed E-state index contributed by atoms with van der Waals surface area (Å²) in [6, 6.07) is 4.81. The zero-order valence-corrected chi connectivity index (χ0v) is 13.4. The molecule has 1 rings (SSSR count). The molecule has 0 aromatic heterocycles. The van der Waals surface area contributed by atoms with Gasteiger partial charge in [-0.25, -0.2) is 0 Å². The van der Waals surface area contributed by atoms with Gasteiger partial charge in [0.05, 0.1) is 11.5 Å². The van der Waals surface area contributed by atoms with Gasteiger partial charge in [-0.15, -0.1) is 0 Å². The quantitative estimate of drug-likeness (QED) is 0.417. The summed E-state index contributed by atoms with van der Waals surface area (Å²) in [6.45, 7) is 4.67. The smallest absolute Gasteiger partial charge is 0.312 e. The van der Waals surface area contributed by atoms with Crippen molar-refractivity contribution in [1.29, 1.82) is 0 Å². The number of nitro benzene ring substituents is 1. The number of halogens is 2. The minimum atomic E-state index is -0.432. The molecule has 0 N–H and O–H groups in total. The summed E-state index contributed by atoms with van der Waals surface area (Å²) in [6.07, 6.45) is 0. The normalized spacial score (nSPS) is 12.5. The van der Waals surface area contributed by atoms with Crippen LogP contribution in [0.1, 0.15) is 13.8 Å². The van der Waals surface area contributed by atoms with Gasteiger partial charge in [-0.05, 0) is 18.1 Å². The number of hydrogen-bond acceptors (Lipinski definition) is 3. The molecule has 0 saturated carbocycles. The van der Waals surface area contributed by atoms with Crippen molar-refractivity contribution in [3.05, 3.63) is 32.8 Å². The largest absolute Gasteiger partial charge is 0.486 e. The third-order valence-corrected chi connectivity index (χ3v) is 4.04. The van der Waals surface area contributed by atoms with Crippen LogP contribution in [0.2, 0.25) is 0 Å². The molecular formula is C12H15Br2NO3. The maximum Gasteiger partial charge on any atom is 0.312 e. The van der Waals surface area contributed by atoms with Crippen molar-refractivity contribution in [1.82, 2.24) is 0 Å². The van der Waals surface area contributed by atoms with Crippen LogP contribution >= 0.6 is 31.9 Å². The van der Waals surface area contributed by atoms with Crippen molar-refractivity contribution >= 4 is 37.5 Å². The first-order valence-corrected chi connectivity index (χ1v) is 7.49. The number of nitro groups is 1. The summed E-state index contributed by atoms with van der Waals surface area (Å²) in [5.74, 6) is 1.10. The topological polar surface area (TPSA) is 52.4 Å². The zero-order valence-electron chi connectivity index (χ0n) is 10.2. The van der Waals surface area contributed by atoms with E-state index in [0.717, 1.165) is 5.33 Å². The van der Waals surface area contributed by atoms with Gasteiger partial charge in [-0.3, -0.25) is 10.1 Å². The average Bonchev–Trinajstić information content (AvgIpc) is 2.30. The predicted octanol–water partition coefficient (Wildman–Crippen LogP) is 4.40. The number of ether oxygens (including phenoxy) is 1. The molecule has 6 heteroatoms. The molecule has 1 atom stereocenters. The highest BCUT2D eigenvalue weighted by molar-refractivity contribution is 9.10. The molecule has 0 aliphatic rings. The number of benzene rings is 1. The van der Waals surface area contributed by atoms with E-state index in [9.17, 15) is 10.1 Å². The molecule has 18 heavy (non-hydrogen) atoms. The van der Waals surface area contributed by atoms with Crippen LogP contribution in [0.4, 0.5) is 5.69 Å². The molecule has 0 bridgehead atoms. The first kappa shape index (κ1) is 15.4. The monoisotopic (exact) mass is 379 g/mol. The first-order valence-electron chi connectivity index (χ1n) is 5.58. The van der Waals surface area contributed by atoms with E-state index < -0.39 is 4.92 Å². The van der Waals surface area contributed by atoms with Gasteiger partial charge < -0.3 is 4.74 Å². The Morgan fingerprint density at radius 2 is 2.11 bits per heavy atom. The summed E-state index contributed by atoms with van der Waals surface area (Å²) in [5.41, 5.74) is -0.0125. The van der Waals surface area contributed by atoms with E-state index in [2.05, 4.69) is 45.7 Å². The minimum absolute atomic E-state index is 0.0125. The molecule has 1 unspecified atom stereocenters. The third-order valence-electron chi connectivity index (χ3n) is 2.71. The lowest BCUT2D eigenvalue weighted by atomic mass is 9.99. The molecule has 0 amide bonds. The van der Waals surface area contributed by atoms with Gasteiger partial charge in [0.2, 0.25) is 0 Å². The molecule has 0 saturated heterocycles. The second-order valence-corrected chi connectivity index (χ2v) is 5.90. The van der Waals surface area contributed by atoms with E-state index in [-0.39, 0.29) is 5.69 Å². The lowest BCUT2D eigenvalue weighted by Gasteiger charge is -2.18. The van der Waals surface area contributed by atoms with E-state index in [0.29, 0.717) is 28.7 Å². The van der Waals surface area contributed by atoms with Crippen molar-refractivity contribution in [3.8, 4) is 5.75 Å². The average molecular weight is 381 g/mol. The van der Waals surface area contributed by atoms with Gasteiger partial charge >= 0.3 is 5.69 Å². The Bertz CT molecular complexity index is 424. The maximum absolute atomic E-state index is 10.9. The van der Waals surface area contributed by atoms with Crippen LogP contribution in [0.25, 0.3) is 0 Å². The number of hydrogen-bond donors (Lipinski definition) is 0. The first-order chi connectivity index (χ1) is 8.45. The molecule has 1 aromatic rings. The van der Waals surface area contributed by atoms with Gasteiger partial charge in [-0.1, -0.05) is 45.7 Å². The Hall–Kier alpha value is -0.620. The van der Waals surface area contributed by atoms with E-state index in [4.69, 9.17) is 4.74 Å². The standard InChI is InChI=1S/C12H15Br2NO3/c1-8(2)9(6-13)7-18-12-4-3-10(14)5-11(12)15(16)17/h3-5,8-9H,6-7H2,1-2H3. The molecule has 0 heterocycles. The fourth-order valence-corrected chi connectivity index (χ4v) is 2.65. The van der Waals surface area contributed by atoms with Crippen molar-refractivity contribution in [2.45, 2.75) is 13.8 Å². The van der Waals surface area contributed by atoms with Crippen LogP contribution in [0.3, 0.4) is 0 Å². The van der Waals surface area contributed by atoms with Crippen molar-refractivity contribution in [2.24, 2.45) is 11.8 Å². The summed E-state index contributed by atoms with van der Waals surface area (Å²) in [5, 5.41) is 11.7. The van der Waals surface area contributed by atoms with Crippen LogP contribution in [0, 0.1) is 22.0 Å². The van der Waals surface area contributed by atoms with Crippen LogP contribution < -0.4 is 4.74 Å². The SMILES string of the molecule is CC(C)C(CBr)COc1ccc(Br)cc1[N+](=O)[O-]. The number of rotatable bonds is 6. The van der Waals surface area contributed by atoms with Crippen molar-refractivity contribution < 1.29 is 9.66 Å². The summed E-state index contributed by atoms with van der Waals surface area (Å²) in [7, 11) is 0. The van der Waals surface area contributed by atoms with Gasteiger partial charge in [0.15, 0.2) is 5.75 Å². The van der Waals surface area contributed by atoms with E-state index in [1.165, 1.54) is 6.07 Å². The molecule has 0 radical (unpaired) electrons. The van der Waals surface area contributed by atoms with Crippen LogP contribution in [-0.2, 0) is 0 Å². The second kappa shape index (κ2) is 7.09. The Labute approximate surface area is 123 Å². The molecule has 1 aromatic carbocycles. The molecule has 0 aliphatic heterocycles. The molecule has 100 valence electrons. The lowest BCUT2D eigenvalue weighted by molar-refractivity contribution is -0.386. The van der Waals surface area contributed by atoms with Gasteiger partial charge in [0.1, 0.15) is 0 Å². The Morgan fingerprint density at radius 1 is 1.44 bits per heavy atom. The Morgan fingerprint density at radius 3 is 2.61 bits per heavy atom. The summed E-state index contributed by atoms with van der Waals surface area (Å²) < 4.78 is 6.24. The fourth-order valence-electron chi connectivity index (χ4n) is 1.37. The molecule has 0 fully saturated rings. The van der Waals surface area contributed by atoms with Crippen molar-refractivity contribution in [3.63, 3.8) is 0 Å². The molecule has 0 aliphatic carbocycles. The maximum atomic E-state index is 10.9. The van der Waals surface area contributed by atoms with Gasteiger partial charge in [0, 0.05) is 21.8 Å². The highest BCUT2D eigenvalue weighted by atomic mass is 79.9. The lowest BCUT2D eigenvalue weighted by Crippen LogP contribution is -2.19. The Kier molecular flexibility index (Phi) is 6.08. The van der Waals surface area contributed by atoms with Crippen LogP contribution in [0.5, 0.6) is 5.75 Å². The van der Waals surface area contributed by atoms with Gasteiger partial charge in [0.25, 0.3) is 0 Å². The molecule has 0 spiro atoms. The number of alkyl halides is 1. The number of nitrogens with zero attached hydrogens (tertiary/aromatic N) is 1. The molecular weight excluding hydrogens is 366 g/mol. The third kappa shape index (κ3) is 4.24. The zero-order chi connectivity index (χ0) is 13.7. The Balaban J connectivity index is 2.81. The van der Waals surface area contributed by atoms with E-state index in [1.54, 1.807) is 12.1 Å². The minimum Gasteiger partial charge on any atom is -0.486 e. The predicted molar refractivity (Wildman–Crippen MR) is 78.4 cm³/mol. The highest BCUT2D eigenvalue weighted by Gasteiger charge is 2.18. The van der Waals surface area contributed by atoms with E-state index >= 15 is 0 Å². The molecule has 4 nitrogen and oxygen atoms in total. The van der Waals surface area contributed by atoms with Gasteiger partial charge in [-0.2, -0.15) is 0 Å². The summed E-state index contributed by atoms with van der Waals surface area (Å²) >= 11 is 6.64. The summed E-state index contributed by atoms with van der Waals surface area (Å²) in [4.78, 5) is 10.5. The van der Waals surface area contributed by atoms with Crippen LogP contribution in [0.15, 0.2) is 22.7 Å². The second-order valence-electron chi connectivity index (χ2n) is 4.34. The highest BCUT2D eigenvalue weighted by Crippen LogP contribution is 2.30. The van der Waals surface area contributed by atoms with Crippen LogP contribution in [-0.4, -0.2) is 16.9 Å². The van der Waals surface area contributed by atoms with Crippen molar-refractivity contribution in [2.75, 3.05) is 11.9 Å².